The Balaban J connectivity index is 0.00000256. The van der Waals surface area contributed by atoms with Gasteiger partial charge in [0.15, 0.2) is 0 Å². The molecule has 5 heteroatoms. The van der Waals surface area contributed by atoms with Crippen LogP contribution in [0.1, 0.15) is 42.8 Å². The molecular weight excluding hydrogens is 240 g/mol. The average Bonchev–Trinajstić information content (AvgIpc) is 2.72. The van der Waals surface area contributed by atoms with E-state index in [4.69, 9.17) is 10.2 Å². The van der Waals surface area contributed by atoms with Gasteiger partial charge in [-0.15, -0.1) is 12.4 Å². The first-order valence-electron chi connectivity index (χ1n) is 5.63. The molecule has 1 amide bonds. The summed E-state index contributed by atoms with van der Waals surface area (Å²) in [5.74, 6) is 0.510. The highest BCUT2D eigenvalue weighted by Crippen LogP contribution is 2.11. The van der Waals surface area contributed by atoms with Crippen LogP contribution in [0.3, 0.4) is 0 Å². The van der Waals surface area contributed by atoms with E-state index < -0.39 is 0 Å². The average molecular weight is 261 g/mol. The number of halogens is 1. The van der Waals surface area contributed by atoms with Gasteiger partial charge in [-0.25, -0.2) is 0 Å². The Morgan fingerprint density at radius 3 is 2.47 bits per heavy atom. The summed E-state index contributed by atoms with van der Waals surface area (Å²) < 4.78 is 5.08. The van der Waals surface area contributed by atoms with Crippen LogP contribution in [0.15, 0.2) is 16.7 Å². The van der Waals surface area contributed by atoms with Crippen LogP contribution in [-0.4, -0.2) is 18.0 Å². The second kappa shape index (κ2) is 6.67. The number of nitrogens with one attached hydrogen (secondary N) is 1. The summed E-state index contributed by atoms with van der Waals surface area (Å²) in [6.07, 6.45) is 3.20. The third-order valence-corrected chi connectivity index (χ3v) is 3.11. The number of nitrogens with two attached hydrogens (primary N) is 1. The third-order valence-electron chi connectivity index (χ3n) is 3.11. The summed E-state index contributed by atoms with van der Waals surface area (Å²) in [5.41, 5.74) is 6.36. The first kappa shape index (κ1) is 16.0. The molecule has 0 saturated heterocycles. The van der Waals surface area contributed by atoms with Crippen molar-refractivity contribution in [3.63, 3.8) is 0 Å². The van der Waals surface area contributed by atoms with E-state index in [0.29, 0.717) is 17.9 Å². The van der Waals surface area contributed by atoms with E-state index in [2.05, 4.69) is 5.32 Å². The molecule has 0 unspecified atom stereocenters. The van der Waals surface area contributed by atoms with Gasteiger partial charge in [0.1, 0.15) is 5.76 Å². The van der Waals surface area contributed by atoms with Crippen molar-refractivity contribution in [1.82, 2.24) is 5.32 Å². The largest absolute Gasteiger partial charge is 0.469 e. The SMILES string of the molecule is CCC(N)(CC)CNC(=O)c1ccoc1C.Cl. The predicted molar refractivity (Wildman–Crippen MR) is 70.5 cm³/mol. The fourth-order valence-corrected chi connectivity index (χ4v) is 1.47. The number of carbonyl (C=O) groups excluding carboxylic acids is 1. The molecule has 0 saturated carbocycles. The van der Waals surface area contributed by atoms with Crippen molar-refractivity contribution < 1.29 is 9.21 Å². The molecule has 0 aliphatic rings. The zero-order valence-corrected chi connectivity index (χ0v) is 11.4. The third kappa shape index (κ3) is 4.06. The molecule has 1 heterocycles. The maximum Gasteiger partial charge on any atom is 0.254 e. The fraction of sp³-hybridized carbons (Fsp3) is 0.583. The van der Waals surface area contributed by atoms with Crippen LogP contribution in [0.5, 0.6) is 0 Å². The van der Waals surface area contributed by atoms with Crippen molar-refractivity contribution >= 4 is 18.3 Å². The Morgan fingerprint density at radius 2 is 2.06 bits per heavy atom. The maximum atomic E-state index is 11.8. The van der Waals surface area contributed by atoms with Crippen molar-refractivity contribution in [1.29, 1.82) is 0 Å². The molecule has 0 fully saturated rings. The van der Waals surface area contributed by atoms with E-state index in [1.165, 1.54) is 6.26 Å². The Morgan fingerprint density at radius 1 is 1.47 bits per heavy atom. The van der Waals surface area contributed by atoms with Crippen molar-refractivity contribution in [2.45, 2.75) is 39.2 Å². The smallest absolute Gasteiger partial charge is 0.254 e. The van der Waals surface area contributed by atoms with Crippen LogP contribution < -0.4 is 11.1 Å². The van der Waals surface area contributed by atoms with Gasteiger partial charge in [-0.05, 0) is 25.8 Å². The minimum absolute atomic E-state index is 0. The molecular formula is C12H21ClN2O2. The lowest BCUT2D eigenvalue weighted by molar-refractivity contribution is 0.0940. The first-order chi connectivity index (χ1) is 7.52. The standard InChI is InChI=1S/C12H20N2O2.ClH/c1-4-12(13,5-2)8-14-11(15)10-6-7-16-9(10)3;/h6-7H,4-5,8,13H2,1-3H3,(H,14,15);1H. The van der Waals surface area contributed by atoms with Crippen LogP contribution in [-0.2, 0) is 0 Å². The van der Waals surface area contributed by atoms with E-state index >= 15 is 0 Å². The van der Waals surface area contributed by atoms with Crippen molar-refractivity contribution in [2.24, 2.45) is 5.73 Å². The molecule has 0 spiro atoms. The highest BCUT2D eigenvalue weighted by atomic mass is 35.5. The van der Waals surface area contributed by atoms with Gasteiger partial charge in [-0.3, -0.25) is 4.79 Å². The van der Waals surface area contributed by atoms with E-state index in [1.807, 2.05) is 13.8 Å². The number of aryl methyl sites for hydroxylation is 1. The summed E-state index contributed by atoms with van der Waals surface area (Å²) in [5, 5.41) is 2.84. The molecule has 1 aromatic heterocycles. The van der Waals surface area contributed by atoms with Gasteiger partial charge in [0.05, 0.1) is 11.8 Å². The highest BCUT2D eigenvalue weighted by Gasteiger charge is 2.21. The zero-order valence-electron chi connectivity index (χ0n) is 10.6. The molecule has 0 atom stereocenters. The molecule has 98 valence electrons. The van der Waals surface area contributed by atoms with Crippen LogP contribution in [0.4, 0.5) is 0 Å². The molecule has 3 N–H and O–H groups in total. The summed E-state index contributed by atoms with van der Waals surface area (Å²) >= 11 is 0. The minimum Gasteiger partial charge on any atom is -0.469 e. The van der Waals surface area contributed by atoms with Crippen molar-refractivity contribution in [3.05, 3.63) is 23.7 Å². The number of carbonyl (C=O) groups is 1. The highest BCUT2D eigenvalue weighted by molar-refractivity contribution is 5.95. The van der Waals surface area contributed by atoms with Gasteiger partial charge in [-0.2, -0.15) is 0 Å². The van der Waals surface area contributed by atoms with Crippen LogP contribution in [0, 0.1) is 6.92 Å². The van der Waals surface area contributed by atoms with Crippen LogP contribution in [0.2, 0.25) is 0 Å². The van der Waals surface area contributed by atoms with E-state index in [0.717, 1.165) is 12.8 Å². The number of furan rings is 1. The topological polar surface area (TPSA) is 68.3 Å². The lowest BCUT2D eigenvalue weighted by Gasteiger charge is -2.26. The number of amides is 1. The van der Waals surface area contributed by atoms with Gasteiger partial charge in [0, 0.05) is 12.1 Å². The summed E-state index contributed by atoms with van der Waals surface area (Å²) in [6.45, 7) is 6.31. The van der Waals surface area contributed by atoms with Crippen molar-refractivity contribution in [3.8, 4) is 0 Å². The van der Waals surface area contributed by atoms with Gasteiger partial charge >= 0.3 is 0 Å². The summed E-state index contributed by atoms with van der Waals surface area (Å²) in [7, 11) is 0. The normalized spacial score (nSPS) is 10.8. The number of hydrogen-bond donors (Lipinski definition) is 2. The molecule has 4 nitrogen and oxygen atoms in total. The number of hydrogen-bond acceptors (Lipinski definition) is 3. The molecule has 0 aliphatic heterocycles. The molecule has 17 heavy (non-hydrogen) atoms. The van der Waals surface area contributed by atoms with Crippen molar-refractivity contribution in [2.75, 3.05) is 6.54 Å². The summed E-state index contributed by atoms with van der Waals surface area (Å²) in [4.78, 5) is 11.8. The van der Waals surface area contributed by atoms with E-state index in [1.54, 1.807) is 13.0 Å². The molecule has 1 rings (SSSR count). The lowest BCUT2D eigenvalue weighted by Crippen LogP contribution is -2.49. The first-order valence-corrected chi connectivity index (χ1v) is 5.63. The Labute approximate surface area is 108 Å². The van der Waals surface area contributed by atoms with Gasteiger partial charge in [0.2, 0.25) is 0 Å². The Hall–Kier alpha value is -1.00. The molecule has 0 aliphatic carbocycles. The fourth-order valence-electron chi connectivity index (χ4n) is 1.47. The van der Waals surface area contributed by atoms with Crippen LogP contribution in [0.25, 0.3) is 0 Å². The summed E-state index contributed by atoms with van der Waals surface area (Å²) in [6, 6.07) is 1.67. The maximum absolute atomic E-state index is 11.8. The second-order valence-corrected chi connectivity index (χ2v) is 4.14. The number of rotatable bonds is 5. The Bertz CT molecular complexity index is 359. The molecule has 0 aromatic carbocycles. The quantitative estimate of drug-likeness (QED) is 0.853. The monoisotopic (exact) mass is 260 g/mol. The lowest BCUT2D eigenvalue weighted by atomic mass is 9.94. The second-order valence-electron chi connectivity index (χ2n) is 4.14. The molecule has 1 aromatic rings. The predicted octanol–water partition coefficient (Wildman–Crippen LogP) is 2.26. The Kier molecular flexibility index (Phi) is 6.27. The van der Waals surface area contributed by atoms with Gasteiger partial charge < -0.3 is 15.5 Å². The van der Waals surface area contributed by atoms with Crippen LogP contribution >= 0.6 is 12.4 Å². The minimum atomic E-state index is -0.312. The molecule has 0 bridgehead atoms. The van der Waals surface area contributed by atoms with E-state index in [-0.39, 0.29) is 23.9 Å². The van der Waals surface area contributed by atoms with Gasteiger partial charge in [0.25, 0.3) is 5.91 Å². The molecule has 0 radical (unpaired) electrons. The zero-order chi connectivity index (χ0) is 12.2. The van der Waals surface area contributed by atoms with E-state index in [9.17, 15) is 4.79 Å². The van der Waals surface area contributed by atoms with Gasteiger partial charge in [-0.1, -0.05) is 13.8 Å².